The van der Waals surface area contributed by atoms with Crippen LogP contribution in [0.25, 0.3) is 0 Å². The lowest BCUT2D eigenvalue weighted by molar-refractivity contribution is -0.116. The quantitative estimate of drug-likeness (QED) is 0.758. The van der Waals surface area contributed by atoms with Crippen LogP contribution in [0, 0.1) is 0 Å². The van der Waals surface area contributed by atoms with E-state index in [0.717, 1.165) is 10.4 Å². The number of aromatic nitrogens is 1. The minimum Gasteiger partial charge on any atom is -0.465 e. The van der Waals surface area contributed by atoms with Crippen LogP contribution in [0.1, 0.15) is 27.2 Å². The number of amides is 1. The summed E-state index contributed by atoms with van der Waals surface area (Å²) in [5.74, 6) is -0.415. The minimum atomic E-state index is -0.353. The van der Waals surface area contributed by atoms with Gasteiger partial charge in [-0.15, -0.1) is 11.3 Å². The van der Waals surface area contributed by atoms with Crippen molar-refractivity contribution in [1.29, 1.82) is 0 Å². The standard InChI is InChI=1S/C16H19N3O3S/c1-17-7-6-14(20)19-16-18-10-13(23-16)9-11-4-3-5-12(8-11)15(21)22-2/h3-5,8,10,17H,6-7,9H2,1-2H3,(H,18,19,20). The second-order valence-electron chi connectivity index (χ2n) is 4.90. The average molecular weight is 333 g/mol. The summed E-state index contributed by atoms with van der Waals surface area (Å²) >= 11 is 1.43. The van der Waals surface area contributed by atoms with Gasteiger partial charge in [0.25, 0.3) is 0 Å². The van der Waals surface area contributed by atoms with Gasteiger partial charge in [-0.05, 0) is 24.7 Å². The second kappa shape index (κ2) is 8.40. The van der Waals surface area contributed by atoms with E-state index in [0.29, 0.717) is 30.1 Å². The van der Waals surface area contributed by atoms with Gasteiger partial charge in [0.05, 0.1) is 12.7 Å². The number of hydrogen-bond acceptors (Lipinski definition) is 6. The molecule has 0 fully saturated rings. The first-order chi connectivity index (χ1) is 11.1. The highest BCUT2D eigenvalue weighted by Crippen LogP contribution is 2.21. The van der Waals surface area contributed by atoms with E-state index in [4.69, 9.17) is 4.74 Å². The molecule has 122 valence electrons. The maximum atomic E-state index is 11.7. The highest BCUT2D eigenvalue weighted by Gasteiger charge is 2.09. The van der Waals surface area contributed by atoms with Crippen molar-refractivity contribution < 1.29 is 14.3 Å². The summed E-state index contributed by atoms with van der Waals surface area (Å²) in [5, 5.41) is 6.29. The van der Waals surface area contributed by atoms with Gasteiger partial charge in [0.2, 0.25) is 5.91 Å². The molecule has 0 atom stereocenters. The number of carbonyl (C=O) groups is 2. The summed E-state index contributed by atoms with van der Waals surface area (Å²) in [6.07, 6.45) is 2.80. The van der Waals surface area contributed by atoms with Gasteiger partial charge in [0, 0.05) is 30.5 Å². The predicted octanol–water partition coefficient (Wildman–Crippen LogP) is 2.07. The smallest absolute Gasteiger partial charge is 0.337 e. The molecule has 1 aromatic carbocycles. The Balaban J connectivity index is 1.99. The zero-order valence-electron chi connectivity index (χ0n) is 13.1. The monoisotopic (exact) mass is 333 g/mol. The van der Waals surface area contributed by atoms with E-state index in [1.807, 2.05) is 12.1 Å². The van der Waals surface area contributed by atoms with E-state index < -0.39 is 0 Å². The lowest BCUT2D eigenvalue weighted by Gasteiger charge is -2.02. The van der Waals surface area contributed by atoms with Crippen LogP contribution in [0.5, 0.6) is 0 Å². The highest BCUT2D eigenvalue weighted by atomic mass is 32.1. The Bertz CT molecular complexity index is 685. The third-order valence-corrected chi connectivity index (χ3v) is 4.04. The van der Waals surface area contributed by atoms with Crippen molar-refractivity contribution in [2.75, 3.05) is 26.0 Å². The Hall–Kier alpha value is -2.25. The van der Waals surface area contributed by atoms with Gasteiger partial charge in [-0.2, -0.15) is 0 Å². The molecule has 0 radical (unpaired) electrons. The third-order valence-electron chi connectivity index (χ3n) is 3.13. The first-order valence-corrected chi connectivity index (χ1v) is 8.00. The van der Waals surface area contributed by atoms with Crippen molar-refractivity contribution in [3.8, 4) is 0 Å². The van der Waals surface area contributed by atoms with Gasteiger partial charge in [0.15, 0.2) is 5.13 Å². The van der Waals surface area contributed by atoms with Crippen LogP contribution < -0.4 is 10.6 Å². The summed E-state index contributed by atoms with van der Waals surface area (Å²) in [7, 11) is 3.17. The molecule has 1 heterocycles. The molecule has 1 aromatic heterocycles. The number of anilines is 1. The summed E-state index contributed by atoms with van der Waals surface area (Å²) in [6.45, 7) is 0.629. The lowest BCUT2D eigenvalue weighted by atomic mass is 10.1. The number of esters is 1. The predicted molar refractivity (Wildman–Crippen MR) is 89.9 cm³/mol. The van der Waals surface area contributed by atoms with Crippen LogP contribution in [0.2, 0.25) is 0 Å². The Kier molecular flexibility index (Phi) is 6.25. The fraction of sp³-hybridized carbons (Fsp3) is 0.312. The summed E-state index contributed by atoms with van der Waals surface area (Å²) in [4.78, 5) is 28.4. The molecule has 7 heteroatoms. The third kappa shape index (κ3) is 5.15. The van der Waals surface area contributed by atoms with Gasteiger partial charge in [-0.1, -0.05) is 12.1 Å². The number of ether oxygens (including phenoxy) is 1. The van der Waals surface area contributed by atoms with Gasteiger partial charge in [-0.3, -0.25) is 4.79 Å². The van der Waals surface area contributed by atoms with Gasteiger partial charge in [0.1, 0.15) is 0 Å². The second-order valence-corrected chi connectivity index (χ2v) is 6.02. The van der Waals surface area contributed by atoms with E-state index in [1.54, 1.807) is 25.4 Å². The normalized spacial score (nSPS) is 10.3. The van der Waals surface area contributed by atoms with Crippen LogP contribution >= 0.6 is 11.3 Å². The number of carbonyl (C=O) groups excluding carboxylic acids is 2. The molecule has 6 nitrogen and oxygen atoms in total. The molecule has 0 aliphatic heterocycles. The molecule has 2 N–H and O–H groups in total. The van der Waals surface area contributed by atoms with Crippen molar-refractivity contribution in [3.05, 3.63) is 46.5 Å². The fourth-order valence-electron chi connectivity index (χ4n) is 1.99. The first-order valence-electron chi connectivity index (χ1n) is 7.18. The Labute approximate surface area is 138 Å². The molecular formula is C16H19N3O3S. The molecule has 0 spiro atoms. The van der Waals surface area contributed by atoms with Crippen molar-refractivity contribution in [2.45, 2.75) is 12.8 Å². The number of nitrogens with one attached hydrogen (secondary N) is 2. The van der Waals surface area contributed by atoms with Gasteiger partial charge < -0.3 is 15.4 Å². The zero-order chi connectivity index (χ0) is 16.7. The molecule has 23 heavy (non-hydrogen) atoms. The number of benzene rings is 1. The van der Waals surface area contributed by atoms with Gasteiger partial charge in [-0.25, -0.2) is 9.78 Å². The molecule has 0 bridgehead atoms. The van der Waals surface area contributed by atoms with E-state index in [9.17, 15) is 9.59 Å². The Morgan fingerprint density at radius 3 is 2.91 bits per heavy atom. The number of thiazole rings is 1. The van der Waals surface area contributed by atoms with Crippen LogP contribution in [0.3, 0.4) is 0 Å². The molecule has 0 unspecified atom stereocenters. The molecule has 0 saturated carbocycles. The van der Waals surface area contributed by atoms with Crippen LogP contribution in [0.15, 0.2) is 30.5 Å². The lowest BCUT2D eigenvalue weighted by Crippen LogP contribution is -2.18. The van der Waals surface area contributed by atoms with E-state index in [-0.39, 0.29) is 11.9 Å². The zero-order valence-corrected chi connectivity index (χ0v) is 13.9. The van der Waals surface area contributed by atoms with Crippen LogP contribution in [-0.2, 0) is 16.0 Å². The minimum absolute atomic E-state index is 0.0621. The Morgan fingerprint density at radius 2 is 2.17 bits per heavy atom. The first kappa shape index (κ1) is 17.1. The average Bonchev–Trinajstić information content (AvgIpc) is 2.99. The number of hydrogen-bond donors (Lipinski definition) is 2. The summed E-state index contributed by atoms with van der Waals surface area (Å²) < 4.78 is 4.72. The van der Waals surface area contributed by atoms with Crippen molar-refractivity contribution in [1.82, 2.24) is 10.3 Å². The van der Waals surface area contributed by atoms with Crippen LogP contribution in [-0.4, -0.2) is 37.6 Å². The molecule has 2 rings (SSSR count). The van der Waals surface area contributed by atoms with Gasteiger partial charge >= 0.3 is 5.97 Å². The highest BCUT2D eigenvalue weighted by molar-refractivity contribution is 7.15. The van der Waals surface area contributed by atoms with E-state index >= 15 is 0 Å². The molecule has 1 amide bonds. The maximum Gasteiger partial charge on any atom is 0.337 e. The van der Waals surface area contributed by atoms with Crippen LogP contribution in [0.4, 0.5) is 5.13 Å². The number of methoxy groups -OCH3 is 1. The van der Waals surface area contributed by atoms with Crippen molar-refractivity contribution in [3.63, 3.8) is 0 Å². The molecule has 0 aliphatic rings. The molecular weight excluding hydrogens is 314 g/mol. The van der Waals surface area contributed by atoms with Crippen molar-refractivity contribution in [2.24, 2.45) is 0 Å². The molecule has 2 aromatic rings. The SMILES string of the molecule is CNCCC(=O)Nc1ncc(Cc2cccc(C(=O)OC)c2)s1. The fourth-order valence-corrected chi connectivity index (χ4v) is 2.86. The largest absolute Gasteiger partial charge is 0.465 e. The molecule has 0 saturated heterocycles. The number of nitrogens with zero attached hydrogens (tertiary/aromatic N) is 1. The van der Waals surface area contributed by atoms with Crippen molar-refractivity contribution >= 4 is 28.3 Å². The topological polar surface area (TPSA) is 80.3 Å². The summed E-state index contributed by atoms with van der Waals surface area (Å²) in [5.41, 5.74) is 1.51. The van der Waals surface area contributed by atoms with E-state index in [1.165, 1.54) is 18.4 Å². The maximum absolute atomic E-state index is 11.7. The molecule has 0 aliphatic carbocycles. The van der Waals surface area contributed by atoms with E-state index in [2.05, 4.69) is 15.6 Å². The summed E-state index contributed by atoms with van der Waals surface area (Å²) in [6, 6.07) is 7.28. The Morgan fingerprint density at radius 1 is 1.35 bits per heavy atom. The number of rotatable bonds is 7.